The van der Waals surface area contributed by atoms with Gasteiger partial charge >= 0.3 is 0 Å². The molecular formula is C17H17BrN2O. The molecule has 4 heteroatoms. The lowest BCUT2D eigenvalue weighted by Gasteiger charge is -2.26. The number of carbonyl (C=O) groups excluding carboxylic acids is 1. The fourth-order valence-corrected chi connectivity index (χ4v) is 3.09. The van der Waals surface area contributed by atoms with E-state index in [4.69, 9.17) is 0 Å². The molecule has 2 aromatic carbocycles. The Labute approximate surface area is 132 Å². The normalized spacial score (nSPS) is 17.1. The highest BCUT2D eigenvalue weighted by atomic mass is 79.9. The Hall–Kier alpha value is -1.65. The van der Waals surface area contributed by atoms with Crippen LogP contribution in [0, 0.1) is 0 Å². The standard InChI is InChI=1S/C17H17BrN2O/c18-15-8-4-2-6-13(15)11-20-17(21)16-14-7-3-1-5-12(14)9-10-19-16/h1-8,16,19H,9-11H2,(H,20,21). The van der Waals surface area contributed by atoms with Gasteiger partial charge in [-0.05, 0) is 29.2 Å². The van der Waals surface area contributed by atoms with Crippen molar-refractivity contribution in [2.75, 3.05) is 6.54 Å². The van der Waals surface area contributed by atoms with Gasteiger partial charge in [0.15, 0.2) is 0 Å². The largest absolute Gasteiger partial charge is 0.350 e. The number of hydrogen-bond donors (Lipinski definition) is 2. The van der Waals surface area contributed by atoms with Crippen LogP contribution in [0.2, 0.25) is 0 Å². The molecule has 0 aliphatic carbocycles. The van der Waals surface area contributed by atoms with Crippen LogP contribution in [0.25, 0.3) is 0 Å². The van der Waals surface area contributed by atoms with Crippen LogP contribution in [0.5, 0.6) is 0 Å². The average Bonchev–Trinajstić information content (AvgIpc) is 2.53. The Morgan fingerprint density at radius 3 is 2.81 bits per heavy atom. The lowest BCUT2D eigenvalue weighted by Crippen LogP contribution is -2.41. The summed E-state index contributed by atoms with van der Waals surface area (Å²) in [6.07, 6.45) is 0.976. The van der Waals surface area contributed by atoms with Crippen LogP contribution in [0.1, 0.15) is 22.7 Å². The second-order valence-electron chi connectivity index (χ2n) is 5.15. The molecule has 0 fully saturated rings. The summed E-state index contributed by atoms with van der Waals surface area (Å²) >= 11 is 3.50. The molecule has 0 saturated heterocycles. The van der Waals surface area contributed by atoms with Crippen molar-refractivity contribution in [3.8, 4) is 0 Å². The molecular weight excluding hydrogens is 328 g/mol. The van der Waals surface area contributed by atoms with Gasteiger partial charge in [-0.15, -0.1) is 0 Å². The van der Waals surface area contributed by atoms with E-state index in [2.05, 4.69) is 32.6 Å². The maximum absolute atomic E-state index is 12.5. The molecule has 2 N–H and O–H groups in total. The second-order valence-corrected chi connectivity index (χ2v) is 6.00. The summed E-state index contributed by atoms with van der Waals surface area (Å²) in [5.74, 6) is 0.0258. The molecule has 108 valence electrons. The molecule has 2 aromatic rings. The van der Waals surface area contributed by atoms with Gasteiger partial charge < -0.3 is 10.6 Å². The van der Waals surface area contributed by atoms with Crippen LogP contribution >= 0.6 is 15.9 Å². The highest BCUT2D eigenvalue weighted by Gasteiger charge is 2.25. The third-order valence-corrected chi connectivity index (χ3v) is 4.56. The number of halogens is 1. The Balaban J connectivity index is 1.71. The number of benzene rings is 2. The van der Waals surface area contributed by atoms with Crippen LogP contribution in [-0.4, -0.2) is 12.5 Å². The van der Waals surface area contributed by atoms with Crippen LogP contribution in [-0.2, 0) is 17.8 Å². The summed E-state index contributed by atoms with van der Waals surface area (Å²) in [4.78, 5) is 12.5. The summed E-state index contributed by atoms with van der Waals surface area (Å²) in [5, 5.41) is 6.32. The van der Waals surface area contributed by atoms with Crippen molar-refractivity contribution in [2.24, 2.45) is 0 Å². The van der Waals surface area contributed by atoms with Gasteiger partial charge in [0.1, 0.15) is 6.04 Å². The number of carbonyl (C=O) groups is 1. The molecule has 0 bridgehead atoms. The van der Waals surface area contributed by atoms with Crippen molar-refractivity contribution >= 4 is 21.8 Å². The topological polar surface area (TPSA) is 41.1 Å². The van der Waals surface area contributed by atoms with E-state index in [-0.39, 0.29) is 11.9 Å². The number of hydrogen-bond acceptors (Lipinski definition) is 2. The zero-order chi connectivity index (χ0) is 14.7. The predicted octanol–water partition coefficient (Wildman–Crippen LogP) is 2.95. The first-order chi connectivity index (χ1) is 10.3. The lowest BCUT2D eigenvalue weighted by molar-refractivity contribution is -0.123. The molecule has 3 rings (SSSR count). The number of amides is 1. The quantitative estimate of drug-likeness (QED) is 0.898. The van der Waals surface area contributed by atoms with E-state index in [0.29, 0.717) is 6.54 Å². The third kappa shape index (κ3) is 3.17. The van der Waals surface area contributed by atoms with Crippen LogP contribution in [0.15, 0.2) is 53.0 Å². The SMILES string of the molecule is O=C(NCc1ccccc1Br)C1NCCc2ccccc21. The Morgan fingerprint density at radius 2 is 1.95 bits per heavy atom. The van der Waals surface area contributed by atoms with Gasteiger partial charge in [0.2, 0.25) is 5.91 Å². The van der Waals surface area contributed by atoms with Crippen molar-refractivity contribution in [3.05, 3.63) is 69.7 Å². The van der Waals surface area contributed by atoms with Crippen molar-refractivity contribution in [2.45, 2.75) is 19.0 Å². The van der Waals surface area contributed by atoms with E-state index in [0.717, 1.165) is 28.6 Å². The molecule has 1 heterocycles. The molecule has 0 radical (unpaired) electrons. The van der Waals surface area contributed by atoms with Gasteiger partial charge in [0.25, 0.3) is 0 Å². The Kier molecular flexibility index (Phi) is 4.36. The molecule has 1 atom stereocenters. The Morgan fingerprint density at radius 1 is 1.19 bits per heavy atom. The van der Waals surface area contributed by atoms with E-state index in [1.54, 1.807) is 0 Å². The highest BCUT2D eigenvalue weighted by molar-refractivity contribution is 9.10. The Bertz CT molecular complexity index is 657. The summed E-state index contributed by atoms with van der Waals surface area (Å²) in [6, 6.07) is 15.8. The molecule has 1 aliphatic rings. The van der Waals surface area contributed by atoms with Crippen molar-refractivity contribution in [1.29, 1.82) is 0 Å². The fourth-order valence-electron chi connectivity index (χ4n) is 2.66. The van der Waals surface area contributed by atoms with E-state index < -0.39 is 0 Å². The van der Waals surface area contributed by atoms with Gasteiger partial charge in [-0.3, -0.25) is 4.79 Å². The second kappa shape index (κ2) is 6.41. The van der Waals surface area contributed by atoms with E-state index >= 15 is 0 Å². The molecule has 1 aliphatic heterocycles. The molecule has 21 heavy (non-hydrogen) atoms. The third-order valence-electron chi connectivity index (χ3n) is 3.78. The summed E-state index contributed by atoms with van der Waals surface area (Å²) in [6.45, 7) is 1.37. The first-order valence-electron chi connectivity index (χ1n) is 7.08. The monoisotopic (exact) mass is 344 g/mol. The molecule has 1 amide bonds. The first-order valence-corrected chi connectivity index (χ1v) is 7.87. The fraction of sp³-hybridized carbons (Fsp3) is 0.235. The van der Waals surface area contributed by atoms with Gasteiger partial charge in [-0.25, -0.2) is 0 Å². The zero-order valence-electron chi connectivity index (χ0n) is 11.6. The van der Waals surface area contributed by atoms with E-state index in [1.165, 1.54) is 5.56 Å². The zero-order valence-corrected chi connectivity index (χ0v) is 13.2. The molecule has 0 spiro atoms. The van der Waals surface area contributed by atoms with E-state index in [9.17, 15) is 4.79 Å². The van der Waals surface area contributed by atoms with Gasteiger partial charge in [0.05, 0.1) is 0 Å². The summed E-state index contributed by atoms with van der Waals surface area (Å²) in [7, 11) is 0. The number of rotatable bonds is 3. The van der Waals surface area contributed by atoms with Gasteiger partial charge in [0, 0.05) is 17.6 Å². The number of nitrogens with one attached hydrogen (secondary N) is 2. The van der Waals surface area contributed by atoms with Crippen LogP contribution in [0.3, 0.4) is 0 Å². The smallest absolute Gasteiger partial charge is 0.242 e. The maximum atomic E-state index is 12.5. The predicted molar refractivity (Wildman–Crippen MR) is 86.9 cm³/mol. The highest BCUT2D eigenvalue weighted by Crippen LogP contribution is 2.23. The van der Waals surface area contributed by atoms with Crippen molar-refractivity contribution in [3.63, 3.8) is 0 Å². The minimum Gasteiger partial charge on any atom is -0.350 e. The van der Waals surface area contributed by atoms with Crippen LogP contribution in [0.4, 0.5) is 0 Å². The number of fused-ring (bicyclic) bond motifs is 1. The minimum atomic E-state index is -0.252. The van der Waals surface area contributed by atoms with Gasteiger partial charge in [-0.1, -0.05) is 58.4 Å². The van der Waals surface area contributed by atoms with E-state index in [1.807, 2.05) is 42.5 Å². The van der Waals surface area contributed by atoms with Crippen molar-refractivity contribution < 1.29 is 4.79 Å². The minimum absolute atomic E-state index is 0.0258. The molecule has 3 nitrogen and oxygen atoms in total. The first kappa shape index (κ1) is 14.3. The molecule has 1 unspecified atom stereocenters. The van der Waals surface area contributed by atoms with Gasteiger partial charge in [-0.2, -0.15) is 0 Å². The summed E-state index contributed by atoms with van der Waals surface area (Å²) < 4.78 is 1.02. The maximum Gasteiger partial charge on any atom is 0.242 e. The molecule has 0 saturated carbocycles. The van der Waals surface area contributed by atoms with Crippen molar-refractivity contribution in [1.82, 2.24) is 10.6 Å². The van der Waals surface area contributed by atoms with Crippen LogP contribution < -0.4 is 10.6 Å². The lowest BCUT2D eigenvalue weighted by atomic mass is 9.94. The molecule has 0 aromatic heterocycles. The average molecular weight is 345 g/mol. The summed E-state index contributed by atoms with van der Waals surface area (Å²) in [5.41, 5.74) is 3.43.